The van der Waals surface area contributed by atoms with E-state index in [-0.39, 0.29) is 0 Å². The lowest BCUT2D eigenvalue weighted by Crippen LogP contribution is -2.08. The van der Waals surface area contributed by atoms with E-state index in [0.29, 0.717) is 13.2 Å². The zero-order chi connectivity index (χ0) is 9.94. The minimum Gasteiger partial charge on any atom is -0.432 e. The van der Waals surface area contributed by atoms with Crippen LogP contribution in [0.4, 0.5) is 4.79 Å². The van der Waals surface area contributed by atoms with Crippen LogP contribution in [-0.4, -0.2) is 19.4 Å². The molecule has 0 spiro atoms. The molecule has 0 aromatic rings. The maximum atomic E-state index is 10.7. The topological polar surface area (TPSA) is 44.8 Å². The molecule has 13 heavy (non-hydrogen) atoms. The summed E-state index contributed by atoms with van der Waals surface area (Å²) in [7, 11) is 0. The Morgan fingerprint density at radius 1 is 1.15 bits per heavy atom. The van der Waals surface area contributed by atoms with E-state index in [1.807, 2.05) is 0 Å². The molecule has 4 heteroatoms. The van der Waals surface area contributed by atoms with Gasteiger partial charge >= 0.3 is 6.16 Å². The maximum Gasteiger partial charge on any atom is 0.540 e. The van der Waals surface area contributed by atoms with Crippen LogP contribution in [-0.2, 0) is 14.5 Å². The van der Waals surface area contributed by atoms with Crippen LogP contribution in [0.2, 0.25) is 0 Å². The van der Waals surface area contributed by atoms with Gasteiger partial charge in [-0.25, -0.2) is 4.79 Å². The van der Waals surface area contributed by atoms with Gasteiger partial charge in [0, 0.05) is 0 Å². The van der Waals surface area contributed by atoms with Gasteiger partial charge in [-0.3, -0.25) is 4.89 Å². The zero-order valence-corrected chi connectivity index (χ0v) is 8.38. The van der Waals surface area contributed by atoms with E-state index in [9.17, 15) is 4.79 Å². The number of rotatable bonds is 7. The van der Waals surface area contributed by atoms with Gasteiger partial charge in [0.1, 0.15) is 0 Å². The van der Waals surface area contributed by atoms with Gasteiger partial charge in [-0.1, -0.05) is 26.2 Å². The first kappa shape index (κ1) is 12.2. The Balaban J connectivity index is 3.08. The van der Waals surface area contributed by atoms with Gasteiger partial charge in [0.05, 0.1) is 13.2 Å². The monoisotopic (exact) mass is 190 g/mol. The fourth-order valence-corrected chi connectivity index (χ4v) is 0.815. The van der Waals surface area contributed by atoms with Crippen molar-refractivity contribution in [2.45, 2.75) is 39.5 Å². The molecule has 0 fully saturated rings. The molecule has 0 rings (SSSR count). The van der Waals surface area contributed by atoms with Crippen LogP contribution < -0.4 is 0 Å². The van der Waals surface area contributed by atoms with Gasteiger partial charge in [-0.05, 0) is 13.3 Å². The van der Waals surface area contributed by atoms with Gasteiger partial charge in [0.2, 0.25) is 0 Å². The van der Waals surface area contributed by atoms with Crippen LogP contribution >= 0.6 is 0 Å². The number of carbonyl (C=O) groups is 1. The molecule has 0 saturated carbocycles. The molecule has 0 heterocycles. The Kier molecular flexibility index (Phi) is 8.77. The van der Waals surface area contributed by atoms with Gasteiger partial charge in [0.15, 0.2) is 0 Å². The highest BCUT2D eigenvalue weighted by atomic mass is 17.2. The highest BCUT2D eigenvalue weighted by molar-refractivity contribution is 5.58. The van der Waals surface area contributed by atoms with E-state index in [4.69, 9.17) is 4.74 Å². The average Bonchev–Trinajstić information content (AvgIpc) is 2.14. The largest absolute Gasteiger partial charge is 0.540 e. The highest BCUT2D eigenvalue weighted by Gasteiger charge is 2.02. The summed E-state index contributed by atoms with van der Waals surface area (Å²) < 4.78 is 4.70. The minimum atomic E-state index is -0.752. The fourth-order valence-electron chi connectivity index (χ4n) is 0.815. The van der Waals surface area contributed by atoms with Crippen molar-refractivity contribution in [3.8, 4) is 0 Å². The molecule has 0 aliphatic heterocycles. The third-order valence-corrected chi connectivity index (χ3v) is 1.46. The van der Waals surface area contributed by atoms with E-state index in [2.05, 4.69) is 16.7 Å². The van der Waals surface area contributed by atoms with Gasteiger partial charge in [0.25, 0.3) is 0 Å². The number of ether oxygens (including phenoxy) is 1. The van der Waals surface area contributed by atoms with Crippen molar-refractivity contribution < 1.29 is 19.3 Å². The van der Waals surface area contributed by atoms with Crippen LogP contribution in [0.3, 0.4) is 0 Å². The second-order valence-corrected chi connectivity index (χ2v) is 2.65. The van der Waals surface area contributed by atoms with Crippen LogP contribution in [0.1, 0.15) is 39.5 Å². The van der Waals surface area contributed by atoms with Crippen molar-refractivity contribution in [2.24, 2.45) is 0 Å². The Morgan fingerprint density at radius 2 is 1.92 bits per heavy atom. The summed E-state index contributed by atoms with van der Waals surface area (Å²) in [4.78, 5) is 19.3. The van der Waals surface area contributed by atoms with E-state index in [0.717, 1.165) is 12.8 Å². The van der Waals surface area contributed by atoms with Crippen molar-refractivity contribution in [1.82, 2.24) is 0 Å². The van der Waals surface area contributed by atoms with Crippen LogP contribution in [0, 0.1) is 0 Å². The highest BCUT2D eigenvalue weighted by Crippen LogP contribution is 1.99. The first-order chi connectivity index (χ1) is 6.31. The van der Waals surface area contributed by atoms with Gasteiger partial charge < -0.3 is 4.74 Å². The molecule has 0 saturated heterocycles. The molecule has 0 aromatic carbocycles. The standard InChI is InChI=1S/C9H18O4/c1-3-5-6-7-8-11-9(10)13-12-4-2/h3-8H2,1-2H3. The first-order valence-electron chi connectivity index (χ1n) is 4.77. The Labute approximate surface area is 79.1 Å². The van der Waals surface area contributed by atoms with Crippen LogP contribution in [0.25, 0.3) is 0 Å². The molecule has 0 bridgehead atoms. The molecule has 4 nitrogen and oxygen atoms in total. The Bertz CT molecular complexity index is 125. The SMILES string of the molecule is CCCCCCOC(=O)OOCC. The summed E-state index contributed by atoms with van der Waals surface area (Å²) in [5.41, 5.74) is 0. The number of hydrogen-bond donors (Lipinski definition) is 0. The summed E-state index contributed by atoms with van der Waals surface area (Å²) in [5.74, 6) is 0. The molecule has 78 valence electrons. The second kappa shape index (κ2) is 9.32. The number of unbranched alkanes of at least 4 members (excludes halogenated alkanes) is 3. The van der Waals surface area contributed by atoms with Gasteiger partial charge in [-0.15, -0.1) is 0 Å². The Hall–Kier alpha value is -0.770. The first-order valence-corrected chi connectivity index (χ1v) is 4.77. The van der Waals surface area contributed by atoms with Gasteiger partial charge in [-0.2, -0.15) is 4.89 Å². The summed E-state index contributed by atoms with van der Waals surface area (Å²) in [6.45, 7) is 4.61. The molecule has 0 aliphatic carbocycles. The van der Waals surface area contributed by atoms with Crippen molar-refractivity contribution >= 4 is 6.16 Å². The average molecular weight is 190 g/mol. The van der Waals surface area contributed by atoms with Crippen molar-refractivity contribution in [1.29, 1.82) is 0 Å². The van der Waals surface area contributed by atoms with Crippen LogP contribution in [0.5, 0.6) is 0 Å². The van der Waals surface area contributed by atoms with E-state index in [1.54, 1.807) is 6.92 Å². The zero-order valence-electron chi connectivity index (χ0n) is 8.38. The molecule has 0 N–H and O–H groups in total. The Morgan fingerprint density at radius 3 is 2.54 bits per heavy atom. The summed E-state index contributed by atoms with van der Waals surface area (Å²) in [5, 5.41) is 0. The third-order valence-electron chi connectivity index (χ3n) is 1.46. The molecule has 0 aromatic heterocycles. The normalized spacial score (nSPS) is 9.69. The fraction of sp³-hybridized carbons (Fsp3) is 0.889. The summed E-state index contributed by atoms with van der Waals surface area (Å²) in [6.07, 6.45) is 3.55. The molecule has 0 unspecified atom stereocenters. The lowest BCUT2D eigenvalue weighted by Gasteiger charge is -2.03. The molecular weight excluding hydrogens is 172 g/mol. The smallest absolute Gasteiger partial charge is 0.432 e. The minimum absolute atomic E-state index is 0.338. The number of hydrogen-bond acceptors (Lipinski definition) is 4. The maximum absolute atomic E-state index is 10.7. The van der Waals surface area contributed by atoms with E-state index >= 15 is 0 Å². The third kappa shape index (κ3) is 9.14. The molecule has 0 aliphatic rings. The summed E-state index contributed by atoms with van der Waals surface area (Å²) >= 11 is 0. The summed E-state index contributed by atoms with van der Waals surface area (Å²) in [6, 6.07) is 0. The lowest BCUT2D eigenvalue weighted by atomic mass is 10.2. The van der Waals surface area contributed by atoms with Crippen molar-refractivity contribution in [3.63, 3.8) is 0 Å². The quantitative estimate of drug-likeness (QED) is 0.268. The van der Waals surface area contributed by atoms with E-state index < -0.39 is 6.16 Å². The molecule has 0 atom stereocenters. The molecule has 0 amide bonds. The second-order valence-electron chi connectivity index (χ2n) is 2.65. The molecule has 0 radical (unpaired) electrons. The predicted molar refractivity (Wildman–Crippen MR) is 48.2 cm³/mol. The van der Waals surface area contributed by atoms with Crippen LogP contribution in [0.15, 0.2) is 0 Å². The van der Waals surface area contributed by atoms with Crippen molar-refractivity contribution in [3.05, 3.63) is 0 Å². The predicted octanol–water partition coefficient (Wildman–Crippen LogP) is 2.67. The lowest BCUT2D eigenvalue weighted by molar-refractivity contribution is -0.251. The van der Waals surface area contributed by atoms with E-state index in [1.165, 1.54) is 12.8 Å². The van der Waals surface area contributed by atoms with Crippen molar-refractivity contribution in [2.75, 3.05) is 13.2 Å². The molecular formula is C9H18O4. The number of carbonyl (C=O) groups excluding carboxylic acids is 1.